The quantitative estimate of drug-likeness (QED) is 0.0228. The lowest BCUT2D eigenvalue weighted by molar-refractivity contribution is -0.301. The maximum absolute atomic E-state index is 13.1. The summed E-state index contributed by atoms with van der Waals surface area (Å²) < 4.78 is 28.3. The first kappa shape index (κ1) is 66.9. The predicted molar refractivity (Wildman–Crippen MR) is 294 cm³/mol. The molecule has 0 aromatic carbocycles. The lowest BCUT2D eigenvalue weighted by Gasteiger charge is -2.40. The van der Waals surface area contributed by atoms with E-state index in [9.17, 15) is 34.5 Å². The fourth-order valence-electron chi connectivity index (χ4n) is 8.02. The van der Waals surface area contributed by atoms with Gasteiger partial charge in [0.15, 0.2) is 24.6 Å². The summed E-state index contributed by atoms with van der Waals surface area (Å²) in [7, 11) is 0. The van der Waals surface area contributed by atoms with Crippen LogP contribution in [0.2, 0.25) is 0 Å². The molecule has 416 valence electrons. The first-order chi connectivity index (χ1) is 35.6. The molecule has 0 saturated carbocycles. The fraction of sp³-hybridized carbons (Fsp3) is 0.705. The van der Waals surface area contributed by atoms with Crippen molar-refractivity contribution in [2.24, 2.45) is 0 Å². The van der Waals surface area contributed by atoms with Crippen molar-refractivity contribution < 1.29 is 58.2 Å². The Morgan fingerprint density at radius 1 is 0.466 bits per heavy atom. The summed E-state index contributed by atoms with van der Waals surface area (Å²) in [6.45, 7) is 5.76. The van der Waals surface area contributed by atoms with Crippen molar-refractivity contribution in [3.63, 3.8) is 0 Å². The summed E-state index contributed by atoms with van der Waals surface area (Å²) in [4.78, 5) is 51.0. The summed E-state index contributed by atoms with van der Waals surface area (Å²) in [6, 6.07) is 0. The number of carbonyl (C=O) groups is 4. The van der Waals surface area contributed by atoms with Crippen LogP contribution < -0.4 is 0 Å². The molecule has 12 heteroatoms. The highest BCUT2D eigenvalue weighted by Gasteiger charge is 2.50. The molecule has 0 bridgehead atoms. The zero-order valence-electron chi connectivity index (χ0n) is 45.6. The predicted octanol–water partition coefficient (Wildman–Crippen LogP) is 14.3. The van der Waals surface area contributed by atoms with E-state index in [1.807, 2.05) is 0 Å². The van der Waals surface area contributed by atoms with Gasteiger partial charge in [-0.05, 0) is 109 Å². The van der Waals surface area contributed by atoms with Crippen LogP contribution in [0.25, 0.3) is 0 Å². The molecule has 0 radical (unpaired) electrons. The minimum absolute atomic E-state index is 0.0428. The normalized spacial score (nSPS) is 18.9. The molecule has 1 rings (SSSR count). The maximum atomic E-state index is 13.1. The van der Waals surface area contributed by atoms with Gasteiger partial charge >= 0.3 is 23.9 Å². The minimum Gasteiger partial charge on any atom is -0.479 e. The average molecular weight is 1030 g/mol. The molecule has 3 N–H and O–H groups in total. The summed E-state index contributed by atoms with van der Waals surface area (Å²) in [5.74, 6) is -3.19. The van der Waals surface area contributed by atoms with Crippen LogP contribution >= 0.6 is 0 Å². The van der Waals surface area contributed by atoms with Crippen LogP contribution in [0.3, 0.4) is 0 Å². The third-order valence-corrected chi connectivity index (χ3v) is 12.4. The van der Waals surface area contributed by atoms with E-state index >= 15 is 0 Å². The molecule has 0 aliphatic carbocycles. The molecule has 1 heterocycles. The van der Waals surface area contributed by atoms with Crippen LogP contribution in [0, 0.1) is 0 Å². The molecule has 1 aliphatic heterocycles. The van der Waals surface area contributed by atoms with E-state index in [0.717, 1.165) is 128 Å². The first-order valence-electron chi connectivity index (χ1n) is 28.6. The molecule has 1 saturated heterocycles. The topological polar surface area (TPSA) is 175 Å². The Hall–Kier alpha value is -4.10. The number of ether oxygens (including phenoxy) is 5. The molecule has 6 unspecified atom stereocenters. The van der Waals surface area contributed by atoms with E-state index in [2.05, 4.69) is 106 Å². The number of carbonyl (C=O) groups excluding carboxylic acids is 3. The summed E-state index contributed by atoms with van der Waals surface area (Å²) in [6.07, 6.45) is 49.9. The minimum atomic E-state index is -1.91. The van der Waals surface area contributed by atoms with Crippen LogP contribution in [-0.2, 0) is 42.9 Å². The van der Waals surface area contributed by atoms with E-state index in [0.29, 0.717) is 19.3 Å². The Balaban J connectivity index is 2.72. The monoisotopic (exact) mass is 1020 g/mol. The third kappa shape index (κ3) is 39.0. The van der Waals surface area contributed by atoms with Gasteiger partial charge in [0.25, 0.3) is 0 Å². The van der Waals surface area contributed by atoms with Gasteiger partial charge in [-0.3, -0.25) is 14.4 Å². The second-order valence-corrected chi connectivity index (χ2v) is 19.2. The van der Waals surface area contributed by atoms with Gasteiger partial charge in [-0.1, -0.05) is 183 Å². The maximum Gasteiger partial charge on any atom is 0.335 e. The Labute approximate surface area is 441 Å². The lowest BCUT2D eigenvalue weighted by atomic mass is 9.98. The van der Waals surface area contributed by atoms with Gasteiger partial charge in [0.1, 0.15) is 18.8 Å². The SMILES string of the molecule is CC/C=C\C/C=C\C/C=C\C/C=C\C/C=C\CCCCCC(=O)OCC(COC1OC(C(=O)O)C(O)C(O)C1OC(=O)CCCCCCC/C=C\CCCC)OC(=O)CCCCCCC/C=C\CCCCCC. The second-order valence-electron chi connectivity index (χ2n) is 19.2. The van der Waals surface area contributed by atoms with Crippen LogP contribution in [0.15, 0.2) is 85.1 Å². The third-order valence-electron chi connectivity index (χ3n) is 12.4. The second kappa shape index (κ2) is 48.8. The number of aliphatic hydroxyl groups excluding tert-OH is 2. The van der Waals surface area contributed by atoms with Crippen molar-refractivity contribution in [3.8, 4) is 0 Å². The molecular formula is C61H100O12. The number of aliphatic carboxylic acids is 1. The van der Waals surface area contributed by atoms with Gasteiger partial charge in [-0.15, -0.1) is 0 Å². The van der Waals surface area contributed by atoms with Crippen molar-refractivity contribution in [2.75, 3.05) is 13.2 Å². The Morgan fingerprint density at radius 2 is 0.877 bits per heavy atom. The van der Waals surface area contributed by atoms with E-state index in [-0.39, 0.29) is 25.9 Å². The number of unbranched alkanes of at least 4 members (excludes halogenated alkanes) is 19. The van der Waals surface area contributed by atoms with Gasteiger partial charge in [0.05, 0.1) is 6.61 Å². The number of carboxylic acids is 1. The van der Waals surface area contributed by atoms with Crippen molar-refractivity contribution in [3.05, 3.63) is 85.1 Å². The lowest BCUT2D eigenvalue weighted by Crippen LogP contribution is -2.61. The molecular weight excluding hydrogens is 925 g/mol. The molecule has 0 amide bonds. The zero-order chi connectivity index (χ0) is 53.3. The van der Waals surface area contributed by atoms with E-state index in [4.69, 9.17) is 23.7 Å². The molecule has 6 atom stereocenters. The van der Waals surface area contributed by atoms with Gasteiger partial charge < -0.3 is 39.0 Å². The Kier molecular flexibility index (Phi) is 44.7. The molecule has 1 aliphatic rings. The summed E-state index contributed by atoms with van der Waals surface area (Å²) in [5, 5.41) is 31.4. The average Bonchev–Trinajstić information content (AvgIpc) is 3.37. The van der Waals surface area contributed by atoms with E-state index in [1.54, 1.807) is 0 Å². The number of carboxylic acid groups (broad SMARTS) is 1. The van der Waals surface area contributed by atoms with E-state index in [1.165, 1.54) is 38.5 Å². The number of hydrogen-bond donors (Lipinski definition) is 3. The number of esters is 3. The van der Waals surface area contributed by atoms with Crippen molar-refractivity contribution in [1.82, 2.24) is 0 Å². The number of aliphatic hydroxyl groups is 2. The fourth-order valence-corrected chi connectivity index (χ4v) is 8.02. The van der Waals surface area contributed by atoms with Crippen molar-refractivity contribution in [1.29, 1.82) is 0 Å². The standard InChI is InChI=1S/C61H100O12/c1-4-7-10-13-16-19-22-24-25-26-27-28-29-31-33-35-38-41-44-47-53(62)69-50-52(71-54(63)48-45-42-39-37-34-30-23-20-17-14-11-8-5-2)51-70-61-59(57(66)56(65)58(73-61)60(67)68)72-55(64)49-46-43-40-36-32-21-18-15-12-9-6-3/h7,10,15-16,18-20,23-25,27-28,31,33,52,56-59,61,65-66H,4-6,8-9,11-14,17,21-22,26,29-30,32,34-51H2,1-3H3,(H,67,68)/b10-7-,18-15-,19-16-,23-20-,25-24-,28-27-,33-31-. The Morgan fingerprint density at radius 3 is 1.38 bits per heavy atom. The van der Waals surface area contributed by atoms with Crippen LogP contribution in [-0.4, -0.2) is 89.2 Å². The first-order valence-corrected chi connectivity index (χ1v) is 28.6. The zero-order valence-corrected chi connectivity index (χ0v) is 45.6. The van der Waals surface area contributed by atoms with Gasteiger partial charge in [0, 0.05) is 19.3 Å². The molecule has 12 nitrogen and oxygen atoms in total. The summed E-state index contributed by atoms with van der Waals surface area (Å²) >= 11 is 0. The molecule has 0 spiro atoms. The number of allylic oxidation sites excluding steroid dienone is 14. The highest BCUT2D eigenvalue weighted by molar-refractivity contribution is 5.74. The highest BCUT2D eigenvalue weighted by atomic mass is 16.7. The molecule has 1 fully saturated rings. The van der Waals surface area contributed by atoms with Gasteiger partial charge in [0.2, 0.25) is 0 Å². The van der Waals surface area contributed by atoms with Crippen LogP contribution in [0.5, 0.6) is 0 Å². The van der Waals surface area contributed by atoms with Gasteiger partial charge in [-0.25, -0.2) is 4.79 Å². The van der Waals surface area contributed by atoms with Gasteiger partial charge in [-0.2, -0.15) is 0 Å². The van der Waals surface area contributed by atoms with Crippen LogP contribution in [0.4, 0.5) is 0 Å². The highest BCUT2D eigenvalue weighted by Crippen LogP contribution is 2.26. The number of rotatable bonds is 47. The summed E-state index contributed by atoms with van der Waals surface area (Å²) in [5.41, 5.74) is 0. The van der Waals surface area contributed by atoms with Crippen molar-refractivity contribution >= 4 is 23.9 Å². The largest absolute Gasteiger partial charge is 0.479 e. The van der Waals surface area contributed by atoms with E-state index < -0.39 is 67.3 Å². The molecule has 0 aromatic rings. The number of hydrogen-bond acceptors (Lipinski definition) is 11. The van der Waals surface area contributed by atoms with Crippen molar-refractivity contribution in [2.45, 2.75) is 263 Å². The molecule has 73 heavy (non-hydrogen) atoms. The smallest absolute Gasteiger partial charge is 0.335 e. The molecule has 0 aromatic heterocycles. The Bertz CT molecular complexity index is 1590. The van der Waals surface area contributed by atoms with Crippen LogP contribution in [0.1, 0.15) is 226 Å².